The van der Waals surface area contributed by atoms with Crippen LogP contribution < -0.4 is 26.2 Å². The number of nitrogens with zero attached hydrogens (tertiary/aromatic N) is 3. The third-order valence-electron chi connectivity index (χ3n) is 20.7. The smallest absolute Gasteiger partial charge is 0.252 e. The van der Waals surface area contributed by atoms with Crippen LogP contribution in [0.1, 0.15) is 104 Å². The third-order valence-corrected chi connectivity index (χ3v) is 20.7. The SMILES string of the molecule is CC1CC(c2cc3c4c(c2)N(c2c(-c5ccccc5)cccc2-c2ccccc2)c2cc(-n5c6cc(C(C)(C)C)ccc6c6ccc(C(C)(C)C)cc65)ccc2B4c2ccc(-c4ccccc4)cc2N3c2c(-c3ccccc3)cccc2-c2ccccc2)CC(C)(C)C1. The maximum Gasteiger partial charge on any atom is 0.252 e. The Balaban J connectivity index is 1.09. The van der Waals surface area contributed by atoms with E-state index in [1.807, 2.05) is 0 Å². The lowest BCUT2D eigenvalue weighted by Gasteiger charge is -2.47. The number of aromatic nitrogens is 1. The van der Waals surface area contributed by atoms with E-state index in [1.165, 1.54) is 151 Å². The molecule has 2 unspecified atom stereocenters. The van der Waals surface area contributed by atoms with Crippen LogP contribution in [0, 0.1) is 11.3 Å². The Morgan fingerprint density at radius 3 is 1.20 bits per heavy atom. The van der Waals surface area contributed by atoms with Gasteiger partial charge in [-0.05, 0) is 156 Å². The topological polar surface area (TPSA) is 11.4 Å². The second-order valence-electron chi connectivity index (χ2n) is 29.7. The molecule has 13 aromatic rings. The molecule has 0 radical (unpaired) electrons. The standard InChI is InChI=1S/C89H80BN3/c1-58-49-66(57-89(8,9)56-58)65-51-82-84-83(52-65)93(86-72(62-33-21-13-22-34-62)39-26-40-73(86)63-35-23-14-24-36-63)81-55-69(91-78-53-67(87(2,3)4)42-45-74(78)75-46-43-68(54-79(75)91)88(5,6)7)44-48-77(81)90(84)76-47-41-64(59-27-15-10-16-28-59)50-80(76)92(82)85-70(60-29-17-11-18-30-60)37-25-38-71(85)61-31-19-12-20-32-61/h10-48,50-55,58,66H,49,56-57H2,1-9H3. The molecule has 93 heavy (non-hydrogen) atoms. The van der Waals surface area contributed by atoms with E-state index in [4.69, 9.17) is 0 Å². The highest BCUT2D eigenvalue weighted by molar-refractivity contribution is 7.00. The Bertz CT molecular complexity index is 4820. The minimum Gasteiger partial charge on any atom is -0.310 e. The number of rotatable bonds is 9. The van der Waals surface area contributed by atoms with E-state index < -0.39 is 0 Å². The van der Waals surface area contributed by atoms with Gasteiger partial charge in [0, 0.05) is 61.5 Å². The lowest BCUT2D eigenvalue weighted by Crippen LogP contribution is -2.61. The van der Waals surface area contributed by atoms with Gasteiger partial charge in [-0.3, -0.25) is 0 Å². The summed E-state index contributed by atoms with van der Waals surface area (Å²) in [6, 6.07) is 104. The minimum atomic E-state index is -0.159. The molecule has 0 amide bonds. The van der Waals surface area contributed by atoms with Gasteiger partial charge in [-0.25, -0.2) is 0 Å². The summed E-state index contributed by atoms with van der Waals surface area (Å²) in [7, 11) is 0. The van der Waals surface area contributed by atoms with Gasteiger partial charge in [0.15, 0.2) is 0 Å². The molecule has 2 aliphatic heterocycles. The quantitative estimate of drug-likeness (QED) is 0.133. The minimum absolute atomic E-state index is 0.0652. The van der Waals surface area contributed by atoms with Gasteiger partial charge in [-0.15, -0.1) is 0 Å². The number of hydrogen-bond acceptors (Lipinski definition) is 2. The molecule has 454 valence electrons. The number of fused-ring (bicyclic) bond motifs is 7. The van der Waals surface area contributed by atoms with E-state index in [0.29, 0.717) is 11.8 Å². The summed E-state index contributed by atoms with van der Waals surface area (Å²) in [6.07, 6.45) is 3.43. The third kappa shape index (κ3) is 10.1. The van der Waals surface area contributed by atoms with E-state index in [2.05, 4.69) is 350 Å². The van der Waals surface area contributed by atoms with Crippen molar-refractivity contribution < 1.29 is 0 Å². The van der Waals surface area contributed by atoms with Crippen molar-refractivity contribution in [2.24, 2.45) is 11.3 Å². The molecule has 1 aromatic heterocycles. The summed E-state index contributed by atoms with van der Waals surface area (Å²) in [5.41, 5.74) is 30.5. The molecule has 0 N–H and O–H groups in total. The first-order valence-corrected chi connectivity index (χ1v) is 33.7. The molecule has 0 saturated heterocycles. The van der Waals surface area contributed by atoms with Crippen molar-refractivity contribution in [3.8, 4) is 61.3 Å². The number of benzene rings is 12. The van der Waals surface area contributed by atoms with Crippen LogP contribution in [-0.4, -0.2) is 11.3 Å². The number of para-hydroxylation sites is 2. The Morgan fingerprint density at radius 2 is 0.785 bits per heavy atom. The molecule has 3 nitrogen and oxygen atoms in total. The zero-order valence-corrected chi connectivity index (χ0v) is 55.2. The van der Waals surface area contributed by atoms with Crippen molar-refractivity contribution in [3.63, 3.8) is 0 Å². The van der Waals surface area contributed by atoms with Crippen LogP contribution in [0.2, 0.25) is 0 Å². The molecule has 1 saturated carbocycles. The van der Waals surface area contributed by atoms with Crippen LogP contribution >= 0.6 is 0 Å². The zero-order valence-electron chi connectivity index (χ0n) is 55.2. The highest BCUT2D eigenvalue weighted by Crippen LogP contribution is 2.56. The van der Waals surface area contributed by atoms with E-state index in [1.54, 1.807) is 0 Å². The summed E-state index contributed by atoms with van der Waals surface area (Å²) in [6.45, 7) is 21.4. The van der Waals surface area contributed by atoms with Crippen molar-refractivity contribution in [3.05, 3.63) is 290 Å². The second-order valence-corrected chi connectivity index (χ2v) is 29.7. The summed E-state index contributed by atoms with van der Waals surface area (Å²) < 4.78 is 2.60. The first-order valence-electron chi connectivity index (χ1n) is 33.7. The zero-order chi connectivity index (χ0) is 63.5. The number of hydrogen-bond donors (Lipinski definition) is 0. The normalized spacial score (nSPS) is 15.9. The van der Waals surface area contributed by atoms with Gasteiger partial charge in [0.05, 0.1) is 22.4 Å². The van der Waals surface area contributed by atoms with Crippen LogP contribution in [0.15, 0.2) is 273 Å². The molecule has 3 aliphatic rings. The van der Waals surface area contributed by atoms with E-state index >= 15 is 0 Å². The highest BCUT2D eigenvalue weighted by atomic mass is 15.2. The molecule has 2 atom stereocenters. The molecular weight excluding hydrogens is 1120 g/mol. The lowest BCUT2D eigenvalue weighted by atomic mass is 9.33. The maximum absolute atomic E-state index is 2.76. The van der Waals surface area contributed by atoms with Gasteiger partial charge in [0.25, 0.3) is 6.71 Å². The Labute approximate surface area is 550 Å². The fourth-order valence-corrected chi connectivity index (χ4v) is 16.5. The Hall–Kier alpha value is -9.90. The number of anilines is 6. The molecule has 0 bridgehead atoms. The van der Waals surface area contributed by atoms with Crippen molar-refractivity contribution in [1.29, 1.82) is 0 Å². The predicted octanol–water partition coefficient (Wildman–Crippen LogP) is 22.7. The van der Waals surface area contributed by atoms with Crippen LogP contribution in [0.3, 0.4) is 0 Å². The van der Waals surface area contributed by atoms with Crippen molar-refractivity contribution in [2.45, 2.75) is 98.3 Å². The summed E-state index contributed by atoms with van der Waals surface area (Å²) in [5, 5.41) is 2.53. The summed E-state index contributed by atoms with van der Waals surface area (Å²) in [4.78, 5) is 5.50. The molecule has 1 aliphatic carbocycles. The highest BCUT2D eigenvalue weighted by Gasteiger charge is 2.47. The lowest BCUT2D eigenvalue weighted by molar-refractivity contribution is 0.168. The monoisotopic (exact) mass is 1200 g/mol. The van der Waals surface area contributed by atoms with Crippen LogP contribution in [0.4, 0.5) is 34.1 Å². The predicted molar refractivity (Wildman–Crippen MR) is 399 cm³/mol. The molecule has 0 spiro atoms. The molecule has 1 fully saturated rings. The Morgan fingerprint density at radius 1 is 0.376 bits per heavy atom. The maximum atomic E-state index is 2.76. The Kier molecular flexibility index (Phi) is 14.1. The van der Waals surface area contributed by atoms with E-state index in [0.717, 1.165) is 18.5 Å². The average molecular weight is 1200 g/mol. The van der Waals surface area contributed by atoms with Crippen LogP contribution in [0.5, 0.6) is 0 Å². The fourth-order valence-electron chi connectivity index (χ4n) is 16.5. The molecule has 16 rings (SSSR count). The van der Waals surface area contributed by atoms with Crippen LogP contribution in [0.25, 0.3) is 83.1 Å². The molecule has 12 aromatic carbocycles. The molecule has 4 heteroatoms. The molecule has 3 heterocycles. The molecular formula is C89H80BN3. The van der Waals surface area contributed by atoms with Crippen molar-refractivity contribution >= 4 is 79.0 Å². The van der Waals surface area contributed by atoms with Gasteiger partial charge >= 0.3 is 0 Å². The van der Waals surface area contributed by atoms with Crippen molar-refractivity contribution in [2.75, 3.05) is 9.80 Å². The van der Waals surface area contributed by atoms with Crippen LogP contribution in [-0.2, 0) is 10.8 Å². The largest absolute Gasteiger partial charge is 0.310 e. The van der Waals surface area contributed by atoms with E-state index in [-0.39, 0.29) is 23.0 Å². The summed E-state index contributed by atoms with van der Waals surface area (Å²) in [5.74, 6) is 0.860. The van der Waals surface area contributed by atoms with Gasteiger partial charge < -0.3 is 14.4 Å². The first-order chi connectivity index (χ1) is 45.0. The van der Waals surface area contributed by atoms with E-state index in [9.17, 15) is 0 Å². The van der Waals surface area contributed by atoms with Gasteiger partial charge in [-0.2, -0.15) is 0 Å². The first kappa shape index (κ1) is 58.2. The fraction of sp³-hybridized carbons (Fsp3) is 0.191. The summed E-state index contributed by atoms with van der Waals surface area (Å²) >= 11 is 0. The second kappa shape index (κ2) is 22.4. The van der Waals surface area contributed by atoms with Gasteiger partial charge in [-0.1, -0.05) is 293 Å². The van der Waals surface area contributed by atoms with Gasteiger partial charge in [0.1, 0.15) is 0 Å². The van der Waals surface area contributed by atoms with Crippen molar-refractivity contribution in [1.82, 2.24) is 4.57 Å². The average Bonchev–Trinajstić information content (AvgIpc) is 1.57. The van der Waals surface area contributed by atoms with Gasteiger partial charge in [0.2, 0.25) is 0 Å².